The average Bonchev–Trinajstić information content (AvgIpc) is 2.40. The van der Waals surface area contributed by atoms with Crippen molar-refractivity contribution in [2.75, 3.05) is 39.3 Å². The average molecular weight is 330 g/mol. The summed E-state index contributed by atoms with van der Waals surface area (Å²) >= 11 is 0. The molecule has 0 saturated carbocycles. The highest BCUT2D eigenvalue weighted by Gasteiger charge is 2.42. The zero-order chi connectivity index (χ0) is 14.8. The van der Waals surface area contributed by atoms with Crippen LogP contribution in [0.1, 0.15) is 19.8 Å². The van der Waals surface area contributed by atoms with Crippen LogP contribution in [0.2, 0.25) is 0 Å². The summed E-state index contributed by atoms with van der Waals surface area (Å²) in [5.41, 5.74) is 0. The van der Waals surface area contributed by atoms with Crippen molar-refractivity contribution >= 4 is 18.3 Å². The second-order valence-corrected chi connectivity index (χ2v) is 5.74. The normalized spacial score (nSPS) is 28.1. The molecule has 2 fully saturated rings. The van der Waals surface area contributed by atoms with Gasteiger partial charge < -0.3 is 10.2 Å². The molecule has 1 N–H and O–H groups in total. The first-order valence-corrected chi connectivity index (χ1v) is 7.17. The van der Waals surface area contributed by atoms with E-state index in [9.17, 15) is 18.0 Å². The van der Waals surface area contributed by atoms with Crippen LogP contribution in [0.25, 0.3) is 0 Å². The maximum absolute atomic E-state index is 12.7. The zero-order valence-corrected chi connectivity index (χ0v) is 13.0. The standard InChI is InChI=1S/C13H22F3N3O.ClH/c1-10-7-17-4-6-18(10)9-12(20)19-5-2-3-11(8-19)13(14,15)16;/h10-11,17H,2-9H2,1H3;1H/t10-,11?;/m1./s1. The summed E-state index contributed by atoms with van der Waals surface area (Å²) in [5.74, 6) is -1.53. The Morgan fingerprint density at radius 3 is 2.67 bits per heavy atom. The van der Waals surface area contributed by atoms with E-state index in [1.54, 1.807) is 0 Å². The summed E-state index contributed by atoms with van der Waals surface area (Å²) in [7, 11) is 0. The van der Waals surface area contributed by atoms with Crippen LogP contribution < -0.4 is 5.32 Å². The molecule has 0 aliphatic carbocycles. The molecule has 2 atom stereocenters. The minimum absolute atomic E-state index is 0. The van der Waals surface area contributed by atoms with Gasteiger partial charge in [-0.05, 0) is 19.8 Å². The lowest BCUT2D eigenvalue weighted by atomic mass is 9.97. The van der Waals surface area contributed by atoms with Crippen molar-refractivity contribution in [2.24, 2.45) is 5.92 Å². The highest BCUT2D eigenvalue weighted by atomic mass is 35.5. The quantitative estimate of drug-likeness (QED) is 0.834. The Bertz CT molecular complexity index is 354. The number of nitrogens with zero attached hydrogens (tertiary/aromatic N) is 2. The lowest BCUT2D eigenvalue weighted by Crippen LogP contribution is -2.54. The van der Waals surface area contributed by atoms with Crippen molar-refractivity contribution in [3.05, 3.63) is 0 Å². The summed E-state index contributed by atoms with van der Waals surface area (Å²) in [6, 6.07) is 0.246. The smallest absolute Gasteiger partial charge is 0.341 e. The second-order valence-electron chi connectivity index (χ2n) is 5.74. The molecule has 0 spiro atoms. The van der Waals surface area contributed by atoms with Gasteiger partial charge in [0.05, 0.1) is 12.5 Å². The van der Waals surface area contributed by atoms with Gasteiger partial charge >= 0.3 is 6.18 Å². The van der Waals surface area contributed by atoms with Crippen LogP contribution in [0.5, 0.6) is 0 Å². The largest absolute Gasteiger partial charge is 0.393 e. The fourth-order valence-corrected chi connectivity index (χ4v) is 2.86. The number of halogens is 4. The SMILES string of the molecule is C[C@@H]1CNCCN1CC(=O)N1CCCC(C(F)(F)F)C1.Cl. The van der Waals surface area contributed by atoms with Crippen molar-refractivity contribution in [3.8, 4) is 0 Å². The van der Waals surface area contributed by atoms with E-state index in [0.717, 1.165) is 19.6 Å². The summed E-state index contributed by atoms with van der Waals surface area (Å²) in [6.45, 7) is 4.93. The second kappa shape index (κ2) is 7.65. The summed E-state index contributed by atoms with van der Waals surface area (Å²) in [6.07, 6.45) is -3.62. The topological polar surface area (TPSA) is 35.6 Å². The molecule has 2 saturated heterocycles. The number of carbonyl (C=O) groups is 1. The minimum Gasteiger partial charge on any atom is -0.341 e. The van der Waals surface area contributed by atoms with Crippen LogP contribution in [0.15, 0.2) is 0 Å². The number of amides is 1. The summed E-state index contributed by atoms with van der Waals surface area (Å²) in [5, 5.41) is 3.23. The Kier molecular flexibility index (Phi) is 6.74. The Morgan fingerprint density at radius 2 is 2.05 bits per heavy atom. The van der Waals surface area contributed by atoms with Crippen molar-refractivity contribution in [1.29, 1.82) is 0 Å². The van der Waals surface area contributed by atoms with E-state index < -0.39 is 12.1 Å². The zero-order valence-electron chi connectivity index (χ0n) is 12.2. The van der Waals surface area contributed by atoms with E-state index in [2.05, 4.69) is 5.32 Å². The third-order valence-electron chi connectivity index (χ3n) is 4.21. The van der Waals surface area contributed by atoms with Gasteiger partial charge in [-0.25, -0.2) is 0 Å². The molecule has 2 aliphatic rings. The molecule has 2 aliphatic heterocycles. The van der Waals surface area contributed by atoms with Gasteiger partial charge in [0.25, 0.3) is 0 Å². The van der Waals surface area contributed by atoms with E-state index in [1.807, 2.05) is 11.8 Å². The number of rotatable bonds is 2. The molecule has 4 nitrogen and oxygen atoms in total. The number of likely N-dealkylation sites (tertiary alicyclic amines) is 1. The van der Waals surface area contributed by atoms with Gasteiger partial charge in [-0.3, -0.25) is 9.69 Å². The number of alkyl halides is 3. The van der Waals surface area contributed by atoms with Gasteiger partial charge in [-0.2, -0.15) is 13.2 Å². The molecule has 21 heavy (non-hydrogen) atoms. The number of carbonyl (C=O) groups excluding carboxylic acids is 1. The Hall–Kier alpha value is -0.530. The Balaban J connectivity index is 0.00000220. The van der Waals surface area contributed by atoms with Crippen molar-refractivity contribution in [2.45, 2.75) is 32.0 Å². The lowest BCUT2D eigenvalue weighted by molar-refractivity contribution is -0.188. The van der Waals surface area contributed by atoms with Crippen molar-refractivity contribution in [1.82, 2.24) is 15.1 Å². The van der Waals surface area contributed by atoms with Gasteiger partial charge in [-0.1, -0.05) is 0 Å². The van der Waals surface area contributed by atoms with E-state index in [-0.39, 0.29) is 43.9 Å². The predicted octanol–water partition coefficient (Wildman–Crippen LogP) is 1.50. The lowest BCUT2D eigenvalue weighted by Gasteiger charge is -2.37. The molecule has 1 amide bonds. The van der Waals surface area contributed by atoms with Crippen molar-refractivity contribution in [3.63, 3.8) is 0 Å². The van der Waals surface area contributed by atoms with Gasteiger partial charge in [-0.15, -0.1) is 12.4 Å². The number of nitrogens with one attached hydrogen (secondary N) is 1. The van der Waals surface area contributed by atoms with E-state index in [1.165, 1.54) is 4.90 Å². The monoisotopic (exact) mass is 329 g/mol. The first kappa shape index (κ1) is 18.5. The Labute approximate surface area is 129 Å². The first-order chi connectivity index (χ1) is 9.38. The van der Waals surface area contributed by atoms with Crippen LogP contribution in [0.3, 0.4) is 0 Å². The van der Waals surface area contributed by atoms with Gasteiger partial charge in [0.2, 0.25) is 5.91 Å². The minimum atomic E-state index is -4.19. The molecular formula is C13H23ClF3N3O. The molecule has 124 valence electrons. The molecule has 1 unspecified atom stereocenters. The molecular weight excluding hydrogens is 307 g/mol. The highest BCUT2D eigenvalue weighted by molar-refractivity contribution is 5.85. The summed E-state index contributed by atoms with van der Waals surface area (Å²) in [4.78, 5) is 15.6. The molecule has 0 radical (unpaired) electrons. The molecule has 0 aromatic carbocycles. The predicted molar refractivity (Wildman–Crippen MR) is 76.5 cm³/mol. The maximum atomic E-state index is 12.7. The van der Waals surface area contributed by atoms with Crippen LogP contribution in [0.4, 0.5) is 13.2 Å². The van der Waals surface area contributed by atoms with Gasteiger partial charge in [0, 0.05) is 38.8 Å². The van der Waals surface area contributed by atoms with E-state index >= 15 is 0 Å². The number of hydrogen-bond acceptors (Lipinski definition) is 3. The molecule has 0 bridgehead atoms. The van der Waals surface area contributed by atoms with Crippen LogP contribution >= 0.6 is 12.4 Å². The van der Waals surface area contributed by atoms with Gasteiger partial charge in [0.1, 0.15) is 0 Å². The Morgan fingerprint density at radius 1 is 1.33 bits per heavy atom. The third-order valence-corrected chi connectivity index (χ3v) is 4.21. The third kappa shape index (κ3) is 5.00. The molecule has 8 heteroatoms. The summed E-state index contributed by atoms with van der Waals surface area (Å²) < 4.78 is 38.2. The molecule has 0 aromatic rings. The number of piperidine rings is 1. The van der Waals surface area contributed by atoms with Crippen LogP contribution in [0, 0.1) is 5.92 Å². The number of hydrogen-bond donors (Lipinski definition) is 1. The fraction of sp³-hybridized carbons (Fsp3) is 0.923. The molecule has 2 heterocycles. The molecule has 0 aromatic heterocycles. The van der Waals surface area contributed by atoms with E-state index in [4.69, 9.17) is 0 Å². The first-order valence-electron chi connectivity index (χ1n) is 7.17. The van der Waals surface area contributed by atoms with E-state index in [0.29, 0.717) is 13.0 Å². The molecule has 2 rings (SSSR count). The fourth-order valence-electron chi connectivity index (χ4n) is 2.86. The van der Waals surface area contributed by atoms with Crippen molar-refractivity contribution < 1.29 is 18.0 Å². The maximum Gasteiger partial charge on any atom is 0.393 e. The number of piperazine rings is 1. The van der Waals surface area contributed by atoms with Crippen LogP contribution in [-0.4, -0.2) is 67.2 Å². The van der Waals surface area contributed by atoms with Gasteiger partial charge in [0.15, 0.2) is 0 Å². The highest BCUT2D eigenvalue weighted by Crippen LogP contribution is 2.33. The van der Waals surface area contributed by atoms with Crippen LogP contribution in [-0.2, 0) is 4.79 Å².